The third kappa shape index (κ3) is 3.15. The summed E-state index contributed by atoms with van der Waals surface area (Å²) in [6, 6.07) is 2.49. The molecule has 2 aromatic rings. The number of Topliss-reactive ketones (excluding diaryl/α,β-unsaturated/α-hetero) is 1. The Bertz CT molecular complexity index is 667. The van der Waals surface area contributed by atoms with E-state index in [1.807, 2.05) is 6.92 Å². The number of hydrogen-bond donors (Lipinski definition) is 1. The van der Waals surface area contributed by atoms with Crippen LogP contribution in [-0.4, -0.2) is 27.1 Å². The molecule has 8 heteroatoms. The van der Waals surface area contributed by atoms with Crippen LogP contribution in [0.15, 0.2) is 16.8 Å². The number of aromatic nitrogens is 2. The molecule has 0 aliphatic carbocycles. The van der Waals surface area contributed by atoms with Gasteiger partial charge in [0, 0.05) is 6.07 Å². The van der Waals surface area contributed by atoms with Crippen molar-refractivity contribution in [2.24, 2.45) is 0 Å². The Labute approximate surface area is 120 Å². The number of rotatable bonds is 7. The van der Waals surface area contributed by atoms with Crippen LogP contribution < -0.4 is 5.32 Å². The van der Waals surface area contributed by atoms with E-state index in [9.17, 15) is 14.9 Å². The van der Waals surface area contributed by atoms with Crippen LogP contribution in [0.4, 0.5) is 11.4 Å². The number of anilines is 1. The molecule has 0 fully saturated rings. The summed E-state index contributed by atoms with van der Waals surface area (Å²) in [5.74, 6) is 0.00593. The van der Waals surface area contributed by atoms with Crippen LogP contribution in [0.25, 0.3) is 11.0 Å². The number of benzene rings is 1. The maximum absolute atomic E-state index is 11.7. The number of carbonyl (C=O) groups excluding carboxylic acids is 1. The van der Waals surface area contributed by atoms with Gasteiger partial charge >= 0.3 is 5.69 Å². The molecule has 0 aliphatic heterocycles. The van der Waals surface area contributed by atoms with Gasteiger partial charge in [-0.2, -0.15) is 0 Å². The molecule has 8 nitrogen and oxygen atoms in total. The minimum absolute atomic E-state index is 0.00593. The molecule has 0 amide bonds. The quantitative estimate of drug-likeness (QED) is 0.616. The highest BCUT2D eigenvalue weighted by Crippen LogP contribution is 2.29. The second kappa shape index (κ2) is 6.29. The maximum Gasteiger partial charge on any atom is 0.300 e. The summed E-state index contributed by atoms with van der Waals surface area (Å²) < 4.78 is 4.59. The highest BCUT2D eigenvalue weighted by molar-refractivity contribution is 5.95. The first-order valence-corrected chi connectivity index (χ1v) is 6.71. The van der Waals surface area contributed by atoms with E-state index in [0.29, 0.717) is 12.1 Å². The van der Waals surface area contributed by atoms with Crippen molar-refractivity contribution in [1.82, 2.24) is 10.3 Å². The van der Waals surface area contributed by atoms with Gasteiger partial charge < -0.3 is 5.32 Å². The number of carbonyl (C=O) groups is 1. The largest absolute Gasteiger partial charge is 0.373 e. The first kappa shape index (κ1) is 14.9. The molecule has 2 rings (SSSR count). The van der Waals surface area contributed by atoms with E-state index in [4.69, 9.17) is 0 Å². The molecule has 1 N–H and O–H groups in total. The molecule has 1 aromatic heterocycles. The van der Waals surface area contributed by atoms with Crippen molar-refractivity contribution in [2.45, 2.75) is 39.2 Å². The van der Waals surface area contributed by atoms with E-state index in [0.717, 1.165) is 12.8 Å². The van der Waals surface area contributed by atoms with Gasteiger partial charge in [-0.1, -0.05) is 19.8 Å². The number of hydrogen-bond acceptors (Lipinski definition) is 7. The molecule has 1 heterocycles. The Kier molecular flexibility index (Phi) is 4.46. The van der Waals surface area contributed by atoms with E-state index in [2.05, 4.69) is 20.3 Å². The van der Waals surface area contributed by atoms with Gasteiger partial charge in [-0.15, -0.1) is 0 Å². The monoisotopic (exact) mass is 292 g/mol. The van der Waals surface area contributed by atoms with E-state index in [1.54, 1.807) is 0 Å². The zero-order valence-corrected chi connectivity index (χ0v) is 11.8. The van der Waals surface area contributed by atoms with Gasteiger partial charge in [-0.25, -0.2) is 4.63 Å². The molecule has 112 valence electrons. The summed E-state index contributed by atoms with van der Waals surface area (Å²) in [6.45, 7) is 3.56. The minimum atomic E-state index is -0.546. The SMILES string of the molecule is CCCCC(Nc1ccc([N+](=O)[O-])c2nonc12)C(C)=O. The fourth-order valence-electron chi connectivity index (χ4n) is 2.09. The fourth-order valence-corrected chi connectivity index (χ4v) is 2.09. The van der Waals surface area contributed by atoms with Crippen LogP contribution in [-0.2, 0) is 4.79 Å². The Morgan fingerprint density at radius 3 is 2.76 bits per heavy atom. The lowest BCUT2D eigenvalue weighted by molar-refractivity contribution is -0.383. The van der Waals surface area contributed by atoms with Crippen LogP contribution in [0.3, 0.4) is 0 Å². The van der Waals surface area contributed by atoms with Crippen molar-refractivity contribution in [2.75, 3.05) is 5.32 Å². The third-order valence-electron chi connectivity index (χ3n) is 3.26. The van der Waals surface area contributed by atoms with Gasteiger partial charge in [-0.3, -0.25) is 14.9 Å². The number of nitro benzene ring substituents is 1. The number of fused-ring (bicyclic) bond motifs is 1. The summed E-state index contributed by atoms with van der Waals surface area (Å²) in [5.41, 5.74) is 0.660. The van der Waals surface area contributed by atoms with Crippen molar-refractivity contribution in [1.29, 1.82) is 0 Å². The molecule has 1 unspecified atom stereocenters. The highest BCUT2D eigenvalue weighted by atomic mass is 16.6. The second-order valence-corrected chi connectivity index (χ2v) is 4.80. The van der Waals surface area contributed by atoms with Crippen molar-refractivity contribution in [3.63, 3.8) is 0 Å². The van der Waals surface area contributed by atoms with Crippen molar-refractivity contribution >= 4 is 28.2 Å². The van der Waals surface area contributed by atoms with E-state index >= 15 is 0 Å². The van der Waals surface area contributed by atoms with Gasteiger partial charge in [0.1, 0.15) is 0 Å². The van der Waals surface area contributed by atoms with Crippen molar-refractivity contribution < 1.29 is 14.3 Å². The lowest BCUT2D eigenvalue weighted by Gasteiger charge is -2.16. The van der Waals surface area contributed by atoms with Gasteiger partial charge in [0.25, 0.3) is 0 Å². The molecular weight excluding hydrogens is 276 g/mol. The minimum Gasteiger partial charge on any atom is -0.373 e. The topological polar surface area (TPSA) is 111 Å². The predicted octanol–water partition coefficient (Wildman–Crippen LogP) is 2.69. The summed E-state index contributed by atoms with van der Waals surface area (Å²) in [5, 5.41) is 21.2. The molecule has 0 spiro atoms. The molecule has 21 heavy (non-hydrogen) atoms. The van der Waals surface area contributed by atoms with Crippen LogP contribution >= 0.6 is 0 Å². The Morgan fingerprint density at radius 2 is 2.14 bits per heavy atom. The molecule has 0 radical (unpaired) electrons. The zero-order valence-electron chi connectivity index (χ0n) is 11.8. The van der Waals surface area contributed by atoms with E-state index in [-0.39, 0.29) is 28.5 Å². The Morgan fingerprint density at radius 1 is 1.43 bits per heavy atom. The number of unbranched alkanes of at least 4 members (excludes halogenated alkanes) is 1. The molecule has 0 bridgehead atoms. The molecule has 0 aliphatic rings. The summed E-state index contributed by atoms with van der Waals surface area (Å²) in [6.07, 6.45) is 2.58. The van der Waals surface area contributed by atoms with Gasteiger partial charge in [0.05, 0.1) is 16.7 Å². The first-order chi connectivity index (χ1) is 10.0. The predicted molar refractivity (Wildman–Crippen MR) is 76.1 cm³/mol. The van der Waals surface area contributed by atoms with Crippen molar-refractivity contribution in [3.05, 3.63) is 22.2 Å². The highest BCUT2D eigenvalue weighted by Gasteiger charge is 2.22. The molecule has 1 atom stereocenters. The molecule has 0 saturated carbocycles. The second-order valence-electron chi connectivity index (χ2n) is 4.80. The zero-order chi connectivity index (χ0) is 15.4. The van der Waals surface area contributed by atoms with Crippen LogP contribution in [0, 0.1) is 10.1 Å². The Balaban J connectivity index is 2.34. The molecule has 0 saturated heterocycles. The van der Waals surface area contributed by atoms with Gasteiger partial charge in [0.15, 0.2) is 11.3 Å². The lowest BCUT2D eigenvalue weighted by Crippen LogP contribution is -2.27. The normalized spacial score (nSPS) is 12.3. The Hall–Kier alpha value is -2.51. The standard InChI is InChI=1S/C13H16N4O4/c1-3-4-5-9(8(2)18)14-10-6-7-11(17(19)20)13-12(10)15-21-16-13/h6-7,9,14H,3-5H2,1-2H3. The number of nitro groups is 1. The smallest absolute Gasteiger partial charge is 0.300 e. The number of ketones is 1. The average Bonchev–Trinajstić information content (AvgIpc) is 2.92. The van der Waals surface area contributed by atoms with E-state index in [1.165, 1.54) is 19.1 Å². The third-order valence-corrected chi connectivity index (χ3v) is 3.26. The summed E-state index contributed by atoms with van der Waals surface area (Å²) >= 11 is 0. The fraction of sp³-hybridized carbons (Fsp3) is 0.462. The summed E-state index contributed by atoms with van der Waals surface area (Å²) in [7, 11) is 0. The molecule has 1 aromatic carbocycles. The van der Waals surface area contributed by atoms with E-state index < -0.39 is 4.92 Å². The number of non-ortho nitro benzene ring substituents is 1. The van der Waals surface area contributed by atoms with Crippen LogP contribution in [0.2, 0.25) is 0 Å². The molecular formula is C13H16N4O4. The van der Waals surface area contributed by atoms with Crippen LogP contribution in [0.1, 0.15) is 33.1 Å². The maximum atomic E-state index is 11.7. The summed E-state index contributed by atoms with van der Waals surface area (Å²) in [4.78, 5) is 22.0. The lowest BCUT2D eigenvalue weighted by atomic mass is 10.1. The van der Waals surface area contributed by atoms with Crippen LogP contribution in [0.5, 0.6) is 0 Å². The van der Waals surface area contributed by atoms with Gasteiger partial charge in [-0.05, 0) is 29.7 Å². The van der Waals surface area contributed by atoms with Crippen molar-refractivity contribution in [3.8, 4) is 0 Å². The number of nitrogens with zero attached hydrogens (tertiary/aromatic N) is 3. The first-order valence-electron chi connectivity index (χ1n) is 6.71. The average molecular weight is 292 g/mol. The number of nitrogens with one attached hydrogen (secondary N) is 1. The van der Waals surface area contributed by atoms with Gasteiger partial charge in [0.2, 0.25) is 5.52 Å².